The standard InChI is InChI=1S/C21H24N6O2S2/c1-13(2)15-10-22-7-5-21(15,18-11-23-27-29-18)6-8-28-20-26-17-4-3-16(25-19(17)31-20)14-9-24-30-12-14/h3-4,9,11-13,15,22H,5-8,10H2,1-2H3. The van der Waals surface area contributed by atoms with E-state index in [1.54, 1.807) is 6.20 Å². The smallest absolute Gasteiger partial charge is 0.275 e. The van der Waals surface area contributed by atoms with Crippen molar-refractivity contribution in [1.29, 1.82) is 0 Å². The van der Waals surface area contributed by atoms with Gasteiger partial charge in [-0.2, -0.15) is 0 Å². The monoisotopic (exact) mass is 456 g/mol. The highest BCUT2D eigenvalue weighted by atomic mass is 32.1. The number of rotatable bonds is 7. The first kappa shape index (κ1) is 20.5. The number of fused-ring (bicyclic) bond motifs is 1. The number of hydrogen-bond acceptors (Lipinski definition) is 10. The van der Waals surface area contributed by atoms with Gasteiger partial charge in [0.2, 0.25) is 0 Å². The zero-order valence-corrected chi connectivity index (χ0v) is 19.1. The van der Waals surface area contributed by atoms with Gasteiger partial charge in [0.05, 0.1) is 24.7 Å². The SMILES string of the molecule is CC(C)C1CNCCC1(CCOc1nc2ccc(-c3cnsc3)nc2s1)c1cnno1. The number of ether oxygens (including phenoxy) is 1. The molecule has 1 saturated heterocycles. The average Bonchev–Trinajstić information content (AvgIpc) is 3.55. The van der Waals surface area contributed by atoms with Crippen molar-refractivity contribution in [2.24, 2.45) is 11.8 Å². The molecule has 0 amide bonds. The number of pyridine rings is 1. The summed E-state index contributed by atoms with van der Waals surface area (Å²) in [4.78, 5) is 10.2. The van der Waals surface area contributed by atoms with Crippen LogP contribution in [0.15, 0.2) is 34.4 Å². The van der Waals surface area contributed by atoms with E-state index in [4.69, 9.17) is 14.2 Å². The normalized spacial score (nSPS) is 21.7. The van der Waals surface area contributed by atoms with Crippen molar-refractivity contribution >= 4 is 33.2 Å². The molecule has 0 radical (unpaired) electrons. The molecule has 0 bridgehead atoms. The Hall–Kier alpha value is -2.43. The Balaban J connectivity index is 1.34. The molecule has 162 valence electrons. The van der Waals surface area contributed by atoms with Crippen LogP contribution in [0.1, 0.15) is 32.4 Å². The molecule has 0 spiro atoms. The molecule has 8 nitrogen and oxygen atoms in total. The molecule has 5 rings (SSSR count). The van der Waals surface area contributed by atoms with Crippen LogP contribution < -0.4 is 10.1 Å². The van der Waals surface area contributed by atoms with Gasteiger partial charge >= 0.3 is 0 Å². The van der Waals surface area contributed by atoms with Gasteiger partial charge in [0.15, 0.2) is 5.76 Å². The maximum absolute atomic E-state index is 6.13. The maximum Gasteiger partial charge on any atom is 0.275 e. The summed E-state index contributed by atoms with van der Waals surface area (Å²) < 4.78 is 15.9. The Morgan fingerprint density at radius 3 is 3.00 bits per heavy atom. The maximum atomic E-state index is 6.13. The highest BCUT2D eigenvalue weighted by Crippen LogP contribution is 2.44. The summed E-state index contributed by atoms with van der Waals surface area (Å²) in [7, 11) is 0. The van der Waals surface area contributed by atoms with E-state index in [0.29, 0.717) is 23.6 Å². The molecule has 10 heteroatoms. The lowest BCUT2D eigenvalue weighted by Gasteiger charge is -2.44. The molecule has 0 aliphatic carbocycles. The van der Waals surface area contributed by atoms with Crippen molar-refractivity contribution < 1.29 is 9.26 Å². The van der Waals surface area contributed by atoms with E-state index in [1.165, 1.54) is 22.9 Å². The predicted octanol–water partition coefficient (Wildman–Crippen LogP) is 4.17. The van der Waals surface area contributed by atoms with E-state index in [2.05, 4.69) is 38.9 Å². The van der Waals surface area contributed by atoms with Crippen LogP contribution >= 0.6 is 22.9 Å². The van der Waals surface area contributed by atoms with Crippen molar-refractivity contribution in [3.8, 4) is 16.5 Å². The van der Waals surface area contributed by atoms with E-state index in [-0.39, 0.29) is 5.41 Å². The van der Waals surface area contributed by atoms with Crippen LogP contribution in [0.2, 0.25) is 0 Å². The summed E-state index contributed by atoms with van der Waals surface area (Å²) in [6.45, 7) is 6.96. The van der Waals surface area contributed by atoms with Gasteiger partial charge in [-0.15, -0.1) is 5.10 Å². The van der Waals surface area contributed by atoms with E-state index >= 15 is 0 Å². The minimum absolute atomic E-state index is 0.142. The molecular weight excluding hydrogens is 432 g/mol. The lowest BCUT2D eigenvalue weighted by molar-refractivity contribution is 0.0902. The fourth-order valence-corrected chi connectivity index (χ4v) is 5.97. The Bertz CT molecular complexity index is 1130. The third-order valence-electron chi connectivity index (χ3n) is 6.22. The quantitative estimate of drug-likeness (QED) is 0.442. The van der Waals surface area contributed by atoms with Crippen molar-refractivity contribution in [3.05, 3.63) is 35.7 Å². The number of nitrogens with one attached hydrogen (secondary N) is 1. The van der Waals surface area contributed by atoms with Gasteiger partial charge in [0.1, 0.15) is 10.3 Å². The van der Waals surface area contributed by atoms with Crippen LogP contribution in [0.3, 0.4) is 0 Å². The number of piperidine rings is 1. The summed E-state index contributed by atoms with van der Waals surface area (Å²) in [6.07, 6.45) is 5.39. The van der Waals surface area contributed by atoms with Gasteiger partial charge in [-0.3, -0.25) is 0 Å². The molecule has 2 atom stereocenters. The molecule has 4 aromatic heterocycles. The first-order valence-electron chi connectivity index (χ1n) is 10.4. The second-order valence-corrected chi connectivity index (χ2v) is 9.85. The van der Waals surface area contributed by atoms with Crippen molar-refractivity contribution in [1.82, 2.24) is 30.0 Å². The van der Waals surface area contributed by atoms with Gasteiger partial charge in [-0.1, -0.05) is 25.2 Å². The summed E-state index contributed by atoms with van der Waals surface area (Å²) in [5.74, 6) is 1.77. The molecule has 4 aromatic rings. The number of thiazole rings is 1. The van der Waals surface area contributed by atoms with Gasteiger partial charge in [0, 0.05) is 21.6 Å². The third kappa shape index (κ3) is 3.95. The van der Waals surface area contributed by atoms with Crippen LogP contribution in [-0.2, 0) is 5.41 Å². The van der Waals surface area contributed by atoms with Gasteiger partial charge in [0.25, 0.3) is 5.19 Å². The van der Waals surface area contributed by atoms with Crippen LogP contribution in [-0.4, -0.2) is 44.4 Å². The number of aromatic nitrogens is 5. The Labute approximate surface area is 188 Å². The molecular formula is C21H24N6O2S2. The summed E-state index contributed by atoms with van der Waals surface area (Å²) in [5.41, 5.74) is 2.64. The van der Waals surface area contributed by atoms with Gasteiger partial charge < -0.3 is 14.6 Å². The van der Waals surface area contributed by atoms with E-state index < -0.39 is 0 Å². The number of hydrogen-bond donors (Lipinski definition) is 1. The van der Waals surface area contributed by atoms with Crippen LogP contribution in [0.5, 0.6) is 5.19 Å². The molecule has 2 unspecified atom stereocenters. The largest absolute Gasteiger partial charge is 0.470 e. The number of nitrogens with zero attached hydrogens (tertiary/aromatic N) is 5. The molecule has 1 fully saturated rings. The lowest BCUT2D eigenvalue weighted by atomic mass is 9.63. The molecule has 0 saturated carbocycles. The minimum Gasteiger partial charge on any atom is -0.470 e. The molecule has 31 heavy (non-hydrogen) atoms. The van der Waals surface area contributed by atoms with Crippen molar-refractivity contribution in [2.75, 3.05) is 19.7 Å². The zero-order chi connectivity index (χ0) is 21.3. The second kappa shape index (κ2) is 8.60. The third-order valence-corrected chi connectivity index (χ3v) is 7.68. The van der Waals surface area contributed by atoms with E-state index in [1.807, 2.05) is 23.7 Å². The van der Waals surface area contributed by atoms with Crippen molar-refractivity contribution in [2.45, 2.75) is 32.1 Å². The highest BCUT2D eigenvalue weighted by Gasteiger charge is 2.46. The first-order chi connectivity index (χ1) is 15.2. The predicted molar refractivity (Wildman–Crippen MR) is 120 cm³/mol. The Morgan fingerprint density at radius 2 is 2.23 bits per heavy atom. The van der Waals surface area contributed by atoms with Crippen LogP contribution in [0.4, 0.5) is 0 Å². The minimum atomic E-state index is -0.142. The summed E-state index contributed by atoms with van der Waals surface area (Å²) >= 11 is 2.90. The molecule has 1 N–H and O–H groups in total. The fourth-order valence-electron chi connectivity index (χ4n) is 4.62. The van der Waals surface area contributed by atoms with E-state index in [9.17, 15) is 0 Å². The Kier molecular flexibility index (Phi) is 5.68. The molecule has 1 aliphatic rings. The summed E-state index contributed by atoms with van der Waals surface area (Å²) in [5, 5.41) is 13.9. The molecule has 5 heterocycles. The van der Waals surface area contributed by atoms with Gasteiger partial charge in [-0.25, -0.2) is 14.3 Å². The topological polar surface area (TPSA) is 98.8 Å². The summed E-state index contributed by atoms with van der Waals surface area (Å²) in [6, 6.07) is 3.96. The van der Waals surface area contributed by atoms with Crippen LogP contribution in [0, 0.1) is 11.8 Å². The highest BCUT2D eigenvalue weighted by molar-refractivity contribution is 7.19. The lowest BCUT2D eigenvalue weighted by Crippen LogP contribution is -2.50. The zero-order valence-electron chi connectivity index (χ0n) is 17.4. The van der Waals surface area contributed by atoms with Gasteiger partial charge in [-0.05, 0) is 61.4 Å². The fraction of sp³-hybridized carbons (Fsp3) is 0.476. The van der Waals surface area contributed by atoms with Crippen LogP contribution in [0.25, 0.3) is 21.6 Å². The van der Waals surface area contributed by atoms with Crippen molar-refractivity contribution in [3.63, 3.8) is 0 Å². The average molecular weight is 457 g/mol. The first-order valence-corrected chi connectivity index (χ1v) is 12.1. The molecule has 0 aromatic carbocycles. The molecule has 1 aliphatic heterocycles. The second-order valence-electron chi connectivity index (χ2n) is 8.25. The Morgan fingerprint density at radius 1 is 1.29 bits per heavy atom. The van der Waals surface area contributed by atoms with E-state index in [0.717, 1.165) is 53.3 Å².